The standard InChI is InChI=1S/C31H30ClF3N4O/c32-25-11-9-24(10-12-25)28-14-13-27(39(28)29-4-2-1-3-26(29)31(33,34)35)23-7-5-22(6-8-23)21-30(40)37-17-20-38-18-15-36-16-19-38/h1-14,36H,15-21H2,(H,37,40). The van der Waals surface area contributed by atoms with Crippen LogP contribution in [0.15, 0.2) is 84.9 Å². The van der Waals surface area contributed by atoms with Gasteiger partial charge in [0.2, 0.25) is 5.91 Å². The maximum absolute atomic E-state index is 14.1. The van der Waals surface area contributed by atoms with Crippen LogP contribution in [0.5, 0.6) is 0 Å². The zero-order valence-corrected chi connectivity index (χ0v) is 22.6. The van der Waals surface area contributed by atoms with Crippen LogP contribution >= 0.6 is 11.6 Å². The van der Waals surface area contributed by atoms with E-state index in [1.807, 2.05) is 36.4 Å². The maximum Gasteiger partial charge on any atom is 0.418 e. The van der Waals surface area contributed by atoms with Gasteiger partial charge in [-0.3, -0.25) is 9.69 Å². The molecule has 4 aromatic rings. The summed E-state index contributed by atoms with van der Waals surface area (Å²) in [4.78, 5) is 14.8. The summed E-state index contributed by atoms with van der Waals surface area (Å²) in [5.41, 5.74) is 2.83. The van der Waals surface area contributed by atoms with Crippen molar-refractivity contribution in [2.45, 2.75) is 12.6 Å². The van der Waals surface area contributed by atoms with E-state index in [-0.39, 0.29) is 18.0 Å². The normalized spacial score (nSPS) is 14.3. The average Bonchev–Trinajstić information content (AvgIpc) is 3.39. The zero-order chi connectivity index (χ0) is 28.1. The molecular weight excluding hydrogens is 537 g/mol. The highest BCUT2D eigenvalue weighted by molar-refractivity contribution is 6.30. The quantitative estimate of drug-likeness (QED) is 0.273. The minimum atomic E-state index is -4.53. The molecule has 0 atom stereocenters. The number of halogens is 4. The second kappa shape index (κ2) is 12.3. The molecule has 5 nitrogen and oxygen atoms in total. The molecule has 1 aliphatic heterocycles. The Bertz CT molecular complexity index is 1440. The lowest BCUT2D eigenvalue weighted by Crippen LogP contribution is -2.46. The van der Waals surface area contributed by atoms with Gasteiger partial charge in [-0.1, -0.05) is 60.1 Å². The molecule has 0 unspecified atom stereocenters. The van der Waals surface area contributed by atoms with Crippen molar-refractivity contribution in [3.63, 3.8) is 0 Å². The van der Waals surface area contributed by atoms with Crippen molar-refractivity contribution in [1.82, 2.24) is 20.1 Å². The summed E-state index contributed by atoms with van der Waals surface area (Å²) >= 11 is 6.07. The number of para-hydroxylation sites is 1. The predicted molar refractivity (Wildman–Crippen MR) is 153 cm³/mol. The number of nitrogens with zero attached hydrogens (tertiary/aromatic N) is 2. The van der Waals surface area contributed by atoms with E-state index in [0.29, 0.717) is 23.0 Å². The zero-order valence-electron chi connectivity index (χ0n) is 21.8. The lowest BCUT2D eigenvalue weighted by Gasteiger charge is -2.27. The second-order valence-corrected chi connectivity index (χ2v) is 10.2. The van der Waals surface area contributed by atoms with Crippen LogP contribution in [0.1, 0.15) is 11.1 Å². The third-order valence-electron chi connectivity index (χ3n) is 7.05. The number of hydrogen-bond acceptors (Lipinski definition) is 3. The van der Waals surface area contributed by atoms with Crippen LogP contribution < -0.4 is 10.6 Å². The first-order valence-electron chi connectivity index (χ1n) is 13.2. The minimum absolute atomic E-state index is 0.0351. The van der Waals surface area contributed by atoms with E-state index in [0.717, 1.165) is 55.5 Å². The first-order valence-corrected chi connectivity index (χ1v) is 13.6. The minimum Gasteiger partial charge on any atom is -0.355 e. The highest BCUT2D eigenvalue weighted by Gasteiger charge is 2.34. The SMILES string of the molecule is O=C(Cc1ccc(-c2ccc(-c3ccc(Cl)cc3)n2-c2ccccc2C(F)(F)F)cc1)NCCN1CCNCC1. The fourth-order valence-corrected chi connectivity index (χ4v) is 5.13. The van der Waals surface area contributed by atoms with Crippen molar-refractivity contribution in [3.8, 4) is 28.2 Å². The van der Waals surface area contributed by atoms with Gasteiger partial charge < -0.3 is 15.2 Å². The molecule has 0 aliphatic carbocycles. The third-order valence-corrected chi connectivity index (χ3v) is 7.30. The van der Waals surface area contributed by atoms with Gasteiger partial charge in [-0.2, -0.15) is 13.2 Å². The van der Waals surface area contributed by atoms with Crippen LogP contribution in [0, 0.1) is 0 Å². The molecule has 3 aromatic carbocycles. The van der Waals surface area contributed by atoms with E-state index >= 15 is 0 Å². The average molecular weight is 567 g/mol. The van der Waals surface area contributed by atoms with Gasteiger partial charge in [0.15, 0.2) is 0 Å². The molecule has 0 radical (unpaired) electrons. The molecule has 1 saturated heterocycles. The summed E-state index contributed by atoms with van der Waals surface area (Å²) in [5.74, 6) is -0.0598. The van der Waals surface area contributed by atoms with E-state index in [2.05, 4.69) is 15.5 Å². The summed E-state index contributed by atoms with van der Waals surface area (Å²) in [6.07, 6.45) is -4.30. The van der Waals surface area contributed by atoms with Gasteiger partial charge in [0, 0.05) is 44.3 Å². The van der Waals surface area contributed by atoms with Crippen molar-refractivity contribution < 1.29 is 18.0 Å². The number of aromatic nitrogens is 1. The summed E-state index contributed by atoms with van der Waals surface area (Å²) in [6.45, 7) is 5.30. The van der Waals surface area contributed by atoms with Crippen molar-refractivity contribution in [3.05, 3.63) is 101 Å². The molecule has 1 aliphatic rings. The summed E-state index contributed by atoms with van der Waals surface area (Å²) in [5, 5.41) is 6.83. The Morgan fingerprint density at radius 2 is 1.45 bits per heavy atom. The van der Waals surface area contributed by atoms with Gasteiger partial charge in [0.05, 0.1) is 29.1 Å². The van der Waals surface area contributed by atoms with Crippen molar-refractivity contribution in [1.29, 1.82) is 0 Å². The van der Waals surface area contributed by atoms with Crippen molar-refractivity contribution in [2.75, 3.05) is 39.3 Å². The fraction of sp³-hybridized carbons (Fsp3) is 0.258. The molecule has 2 heterocycles. The lowest BCUT2D eigenvalue weighted by molar-refractivity contribution is -0.137. The highest BCUT2D eigenvalue weighted by atomic mass is 35.5. The molecule has 9 heteroatoms. The number of hydrogen-bond donors (Lipinski definition) is 2. The smallest absolute Gasteiger partial charge is 0.355 e. The van der Waals surface area contributed by atoms with Crippen LogP contribution in [0.25, 0.3) is 28.2 Å². The molecule has 40 heavy (non-hydrogen) atoms. The molecule has 208 valence electrons. The van der Waals surface area contributed by atoms with Gasteiger partial charge in [-0.05, 0) is 53.1 Å². The Morgan fingerprint density at radius 3 is 2.08 bits per heavy atom. The Kier molecular flexibility index (Phi) is 8.59. The van der Waals surface area contributed by atoms with Gasteiger partial charge in [0.1, 0.15) is 0 Å². The maximum atomic E-state index is 14.1. The summed E-state index contributed by atoms with van der Waals surface area (Å²) < 4.78 is 43.8. The van der Waals surface area contributed by atoms with Crippen LogP contribution in [-0.4, -0.2) is 54.6 Å². The van der Waals surface area contributed by atoms with Crippen molar-refractivity contribution in [2.24, 2.45) is 0 Å². The molecule has 5 rings (SSSR count). The first kappa shape index (κ1) is 28.0. The number of alkyl halides is 3. The van der Waals surface area contributed by atoms with E-state index in [4.69, 9.17) is 11.6 Å². The lowest BCUT2D eigenvalue weighted by atomic mass is 10.1. The molecule has 2 N–H and O–H groups in total. The topological polar surface area (TPSA) is 49.3 Å². The fourth-order valence-electron chi connectivity index (χ4n) is 5.01. The largest absolute Gasteiger partial charge is 0.418 e. The van der Waals surface area contributed by atoms with E-state index in [1.54, 1.807) is 34.9 Å². The molecular formula is C31H30ClF3N4O. The number of benzene rings is 3. The van der Waals surface area contributed by atoms with Crippen LogP contribution in [-0.2, 0) is 17.4 Å². The number of amides is 1. The predicted octanol–water partition coefficient (Wildman–Crippen LogP) is 6.05. The summed E-state index contributed by atoms with van der Waals surface area (Å²) in [6, 6.07) is 23.6. The molecule has 1 aromatic heterocycles. The number of piperazine rings is 1. The number of rotatable bonds is 8. The van der Waals surface area contributed by atoms with E-state index < -0.39 is 11.7 Å². The Hall–Kier alpha value is -3.59. The number of nitrogens with one attached hydrogen (secondary N) is 2. The van der Waals surface area contributed by atoms with E-state index in [1.165, 1.54) is 12.1 Å². The molecule has 0 saturated carbocycles. The van der Waals surface area contributed by atoms with Crippen LogP contribution in [0.2, 0.25) is 5.02 Å². The molecule has 1 fully saturated rings. The number of carbonyl (C=O) groups is 1. The number of carbonyl (C=O) groups excluding carboxylic acids is 1. The van der Waals surface area contributed by atoms with Crippen LogP contribution in [0.4, 0.5) is 13.2 Å². The molecule has 1 amide bonds. The van der Waals surface area contributed by atoms with E-state index in [9.17, 15) is 18.0 Å². The van der Waals surface area contributed by atoms with Gasteiger partial charge in [0.25, 0.3) is 0 Å². The van der Waals surface area contributed by atoms with Crippen molar-refractivity contribution >= 4 is 17.5 Å². The molecule has 0 spiro atoms. The summed E-state index contributed by atoms with van der Waals surface area (Å²) in [7, 11) is 0. The first-order chi connectivity index (χ1) is 19.3. The Morgan fingerprint density at radius 1 is 0.850 bits per heavy atom. The monoisotopic (exact) mass is 566 g/mol. The highest BCUT2D eigenvalue weighted by Crippen LogP contribution is 2.39. The third kappa shape index (κ3) is 6.58. The van der Waals surface area contributed by atoms with Gasteiger partial charge in [-0.15, -0.1) is 0 Å². The van der Waals surface area contributed by atoms with Gasteiger partial charge >= 0.3 is 6.18 Å². The molecule has 0 bridgehead atoms. The second-order valence-electron chi connectivity index (χ2n) is 9.78. The van der Waals surface area contributed by atoms with Gasteiger partial charge in [-0.25, -0.2) is 0 Å². The van der Waals surface area contributed by atoms with Crippen LogP contribution in [0.3, 0.4) is 0 Å². The Balaban J connectivity index is 1.40. The Labute approximate surface area is 236 Å².